The smallest absolute Gasteiger partial charge is 0.407 e. The average molecular weight is 218 g/mol. The SMILES string of the molecule is CC(C)SC[C@@H]1CN(C(=O)O)CCN1. The van der Waals surface area contributed by atoms with Crippen molar-refractivity contribution in [2.45, 2.75) is 25.1 Å². The van der Waals surface area contributed by atoms with E-state index >= 15 is 0 Å². The summed E-state index contributed by atoms with van der Waals surface area (Å²) in [5.41, 5.74) is 0. The summed E-state index contributed by atoms with van der Waals surface area (Å²) in [5, 5.41) is 12.8. The van der Waals surface area contributed by atoms with E-state index in [4.69, 9.17) is 5.11 Å². The Morgan fingerprint density at radius 1 is 1.71 bits per heavy atom. The monoisotopic (exact) mass is 218 g/mol. The molecule has 0 unspecified atom stereocenters. The highest BCUT2D eigenvalue weighted by atomic mass is 32.2. The van der Waals surface area contributed by atoms with E-state index in [0.717, 1.165) is 12.3 Å². The van der Waals surface area contributed by atoms with Gasteiger partial charge in [-0.2, -0.15) is 11.8 Å². The Labute approximate surface area is 89.0 Å². The molecule has 1 atom stereocenters. The van der Waals surface area contributed by atoms with Gasteiger partial charge in [-0.05, 0) is 5.25 Å². The van der Waals surface area contributed by atoms with Gasteiger partial charge >= 0.3 is 6.09 Å². The average Bonchev–Trinajstić information content (AvgIpc) is 2.15. The van der Waals surface area contributed by atoms with Crippen molar-refractivity contribution in [2.24, 2.45) is 0 Å². The minimum atomic E-state index is -0.800. The summed E-state index contributed by atoms with van der Waals surface area (Å²) in [6, 6.07) is 0.312. The molecule has 1 aliphatic heterocycles. The standard InChI is InChI=1S/C9H18N2O2S/c1-7(2)14-6-8-5-11(9(12)13)4-3-10-8/h7-8,10H,3-6H2,1-2H3,(H,12,13)/t8-/m0/s1. The minimum absolute atomic E-state index is 0.312. The maximum atomic E-state index is 10.7. The molecule has 0 aromatic heterocycles. The number of carboxylic acid groups (broad SMARTS) is 1. The highest BCUT2D eigenvalue weighted by Crippen LogP contribution is 2.12. The molecule has 1 amide bonds. The van der Waals surface area contributed by atoms with E-state index in [1.165, 1.54) is 4.90 Å². The normalized spacial score (nSPS) is 22.8. The lowest BCUT2D eigenvalue weighted by molar-refractivity contribution is 0.131. The molecule has 1 heterocycles. The third kappa shape index (κ3) is 3.75. The van der Waals surface area contributed by atoms with E-state index in [2.05, 4.69) is 19.2 Å². The Bertz CT molecular complexity index is 199. The second-order valence-electron chi connectivity index (χ2n) is 3.76. The van der Waals surface area contributed by atoms with Crippen LogP contribution in [0.4, 0.5) is 4.79 Å². The van der Waals surface area contributed by atoms with E-state index in [1.807, 2.05) is 11.8 Å². The van der Waals surface area contributed by atoms with Crippen LogP contribution in [-0.2, 0) is 0 Å². The third-order valence-electron chi connectivity index (χ3n) is 2.16. The quantitative estimate of drug-likeness (QED) is 0.744. The van der Waals surface area contributed by atoms with E-state index in [0.29, 0.717) is 24.4 Å². The molecule has 1 aliphatic rings. The van der Waals surface area contributed by atoms with Gasteiger partial charge in [-0.25, -0.2) is 4.79 Å². The fourth-order valence-electron chi connectivity index (χ4n) is 1.42. The minimum Gasteiger partial charge on any atom is -0.465 e. The zero-order valence-corrected chi connectivity index (χ0v) is 9.51. The molecular formula is C9H18N2O2S. The lowest BCUT2D eigenvalue weighted by atomic mass is 10.2. The van der Waals surface area contributed by atoms with Crippen LogP contribution in [0.15, 0.2) is 0 Å². The van der Waals surface area contributed by atoms with Gasteiger partial charge in [-0.3, -0.25) is 0 Å². The highest BCUT2D eigenvalue weighted by molar-refractivity contribution is 7.99. The molecule has 14 heavy (non-hydrogen) atoms. The maximum Gasteiger partial charge on any atom is 0.407 e. The molecule has 2 N–H and O–H groups in total. The second-order valence-corrected chi connectivity index (χ2v) is 5.37. The lowest BCUT2D eigenvalue weighted by Crippen LogP contribution is -2.53. The molecule has 0 bridgehead atoms. The van der Waals surface area contributed by atoms with E-state index in [9.17, 15) is 4.79 Å². The molecule has 0 aromatic rings. The zero-order chi connectivity index (χ0) is 10.6. The van der Waals surface area contributed by atoms with Gasteiger partial charge < -0.3 is 15.3 Å². The predicted molar refractivity (Wildman–Crippen MR) is 59.0 cm³/mol. The Morgan fingerprint density at radius 3 is 3.00 bits per heavy atom. The first-order valence-corrected chi connectivity index (χ1v) is 5.97. The molecule has 82 valence electrons. The van der Waals surface area contributed by atoms with Gasteiger partial charge in [0, 0.05) is 31.4 Å². The van der Waals surface area contributed by atoms with E-state index in [-0.39, 0.29) is 0 Å². The van der Waals surface area contributed by atoms with Crippen molar-refractivity contribution in [3.8, 4) is 0 Å². The Hall–Kier alpha value is -0.420. The Morgan fingerprint density at radius 2 is 2.43 bits per heavy atom. The van der Waals surface area contributed by atoms with Gasteiger partial charge in [-0.1, -0.05) is 13.8 Å². The van der Waals surface area contributed by atoms with Crippen molar-refractivity contribution >= 4 is 17.9 Å². The van der Waals surface area contributed by atoms with Crippen LogP contribution in [0, 0.1) is 0 Å². The number of rotatable bonds is 3. The van der Waals surface area contributed by atoms with Crippen LogP contribution in [0.5, 0.6) is 0 Å². The molecule has 1 rings (SSSR count). The highest BCUT2D eigenvalue weighted by Gasteiger charge is 2.22. The Balaban J connectivity index is 2.29. The van der Waals surface area contributed by atoms with Crippen molar-refractivity contribution in [1.29, 1.82) is 0 Å². The number of piperazine rings is 1. The molecular weight excluding hydrogens is 200 g/mol. The van der Waals surface area contributed by atoms with Gasteiger partial charge in [0.25, 0.3) is 0 Å². The molecule has 0 aliphatic carbocycles. The fourth-order valence-corrected chi connectivity index (χ4v) is 2.26. The van der Waals surface area contributed by atoms with Crippen molar-refractivity contribution in [1.82, 2.24) is 10.2 Å². The van der Waals surface area contributed by atoms with Gasteiger partial charge in [-0.15, -0.1) is 0 Å². The van der Waals surface area contributed by atoms with Crippen LogP contribution in [0.3, 0.4) is 0 Å². The van der Waals surface area contributed by atoms with Crippen molar-refractivity contribution in [3.63, 3.8) is 0 Å². The topological polar surface area (TPSA) is 52.6 Å². The number of hydrogen-bond donors (Lipinski definition) is 2. The van der Waals surface area contributed by atoms with Gasteiger partial charge in [0.2, 0.25) is 0 Å². The number of nitrogens with zero attached hydrogens (tertiary/aromatic N) is 1. The van der Waals surface area contributed by atoms with E-state index in [1.54, 1.807) is 0 Å². The summed E-state index contributed by atoms with van der Waals surface area (Å²) in [4.78, 5) is 12.2. The molecule has 4 nitrogen and oxygen atoms in total. The molecule has 0 radical (unpaired) electrons. The van der Waals surface area contributed by atoms with Crippen LogP contribution in [0.1, 0.15) is 13.8 Å². The number of nitrogens with one attached hydrogen (secondary N) is 1. The van der Waals surface area contributed by atoms with Gasteiger partial charge in [0.05, 0.1) is 0 Å². The van der Waals surface area contributed by atoms with E-state index < -0.39 is 6.09 Å². The molecule has 1 saturated heterocycles. The second kappa shape index (κ2) is 5.46. The molecule has 0 spiro atoms. The Kier molecular flexibility index (Phi) is 4.54. The summed E-state index contributed by atoms with van der Waals surface area (Å²) in [6.45, 7) is 6.31. The predicted octanol–water partition coefficient (Wildman–Crippen LogP) is 1.08. The summed E-state index contributed by atoms with van der Waals surface area (Å²) < 4.78 is 0. The van der Waals surface area contributed by atoms with Crippen LogP contribution in [0.2, 0.25) is 0 Å². The number of thioether (sulfide) groups is 1. The van der Waals surface area contributed by atoms with Crippen LogP contribution < -0.4 is 5.32 Å². The van der Waals surface area contributed by atoms with Crippen molar-refractivity contribution < 1.29 is 9.90 Å². The summed E-state index contributed by atoms with van der Waals surface area (Å²) in [5.74, 6) is 0.988. The molecule has 0 saturated carbocycles. The summed E-state index contributed by atoms with van der Waals surface area (Å²) in [6.07, 6.45) is -0.800. The summed E-state index contributed by atoms with van der Waals surface area (Å²) in [7, 11) is 0. The third-order valence-corrected chi connectivity index (χ3v) is 3.42. The maximum absolute atomic E-state index is 10.7. The van der Waals surface area contributed by atoms with Gasteiger partial charge in [0.1, 0.15) is 0 Å². The van der Waals surface area contributed by atoms with Crippen molar-refractivity contribution in [3.05, 3.63) is 0 Å². The zero-order valence-electron chi connectivity index (χ0n) is 8.69. The first kappa shape index (κ1) is 11.7. The first-order valence-electron chi connectivity index (χ1n) is 4.92. The van der Waals surface area contributed by atoms with Gasteiger partial charge in [0.15, 0.2) is 0 Å². The molecule has 0 aromatic carbocycles. The lowest BCUT2D eigenvalue weighted by Gasteiger charge is -2.31. The number of hydrogen-bond acceptors (Lipinski definition) is 3. The van der Waals surface area contributed by atoms with Crippen LogP contribution >= 0.6 is 11.8 Å². The van der Waals surface area contributed by atoms with Crippen LogP contribution in [-0.4, -0.2) is 52.8 Å². The summed E-state index contributed by atoms with van der Waals surface area (Å²) >= 11 is 1.87. The largest absolute Gasteiger partial charge is 0.465 e. The molecule has 1 fully saturated rings. The van der Waals surface area contributed by atoms with Crippen molar-refractivity contribution in [2.75, 3.05) is 25.4 Å². The first-order chi connectivity index (χ1) is 6.59. The number of amides is 1. The number of carbonyl (C=O) groups is 1. The molecule has 5 heteroatoms. The fraction of sp³-hybridized carbons (Fsp3) is 0.889. The van der Waals surface area contributed by atoms with Crippen LogP contribution in [0.25, 0.3) is 0 Å².